The number of aryl methyl sites for hydroxylation is 1. The summed E-state index contributed by atoms with van der Waals surface area (Å²) in [4.78, 5) is 40.4. The second-order valence-corrected chi connectivity index (χ2v) is 11.9. The van der Waals surface area contributed by atoms with Crippen LogP contribution in [0, 0.1) is 0 Å². The van der Waals surface area contributed by atoms with Crippen LogP contribution in [0.5, 0.6) is 0 Å². The van der Waals surface area contributed by atoms with Gasteiger partial charge in [-0.05, 0) is 71.4 Å². The SMILES string of the molecule is CCCc1cnc(Nc2cccc(C3CCN(C(=O)[C@H]4CCCCN4C(=O)OC(C)(C)C)CC3)n2)s1. The molecule has 0 aromatic carbocycles. The summed E-state index contributed by atoms with van der Waals surface area (Å²) in [6.45, 7) is 9.66. The quantitative estimate of drug-likeness (QED) is 0.531. The van der Waals surface area contributed by atoms with Gasteiger partial charge in [0, 0.05) is 42.3 Å². The highest BCUT2D eigenvalue weighted by atomic mass is 32.1. The average molecular weight is 514 g/mol. The Hall–Kier alpha value is -2.68. The molecule has 0 unspecified atom stereocenters. The van der Waals surface area contributed by atoms with Crippen molar-refractivity contribution in [2.45, 2.75) is 90.2 Å². The molecule has 0 aliphatic carbocycles. The molecule has 36 heavy (non-hydrogen) atoms. The van der Waals surface area contributed by atoms with Crippen molar-refractivity contribution >= 4 is 34.3 Å². The molecule has 2 aliphatic rings. The fourth-order valence-electron chi connectivity index (χ4n) is 4.92. The van der Waals surface area contributed by atoms with E-state index in [1.54, 1.807) is 16.2 Å². The van der Waals surface area contributed by atoms with E-state index in [9.17, 15) is 9.59 Å². The molecule has 1 atom stereocenters. The molecule has 8 nitrogen and oxygen atoms in total. The monoisotopic (exact) mass is 513 g/mol. The number of hydrogen-bond donors (Lipinski definition) is 1. The van der Waals surface area contributed by atoms with Crippen LogP contribution >= 0.6 is 11.3 Å². The molecule has 2 amide bonds. The maximum absolute atomic E-state index is 13.4. The molecule has 4 heterocycles. The molecule has 2 aliphatic heterocycles. The van der Waals surface area contributed by atoms with Crippen LogP contribution in [0.3, 0.4) is 0 Å². The molecule has 1 N–H and O–H groups in total. The molecule has 0 bridgehead atoms. The van der Waals surface area contributed by atoms with Crippen molar-refractivity contribution in [2.24, 2.45) is 0 Å². The Balaban J connectivity index is 1.34. The Labute approximate surface area is 218 Å². The number of thiazole rings is 1. The standard InChI is InChI=1S/C27H39N5O3S/c1-5-9-20-18-28-25(36-20)30-23-12-8-10-21(29-23)19-13-16-31(17-14-19)24(33)22-11-6-7-15-32(22)26(34)35-27(2,3)4/h8,10,12,18-19,22H,5-7,9,11,13-17H2,1-4H3,(H,28,29,30)/t22-/m1/s1. The number of pyridine rings is 1. The summed E-state index contributed by atoms with van der Waals surface area (Å²) in [5, 5.41) is 4.21. The van der Waals surface area contributed by atoms with Crippen LogP contribution in [0.1, 0.15) is 82.7 Å². The first-order valence-corrected chi connectivity index (χ1v) is 14.0. The maximum atomic E-state index is 13.4. The maximum Gasteiger partial charge on any atom is 0.410 e. The van der Waals surface area contributed by atoms with Gasteiger partial charge in [0.2, 0.25) is 5.91 Å². The van der Waals surface area contributed by atoms with Gasteiger partial charge < -0.3 is 15.0 Å². The van der Waals surface area contributed by atoms with Crippen LogP contribution < -0.4 is 5.32 Å². The number of nitrogens with one attached hydrogen (secondary N) is 1. The van der Waals surface area contributed by atoms with Crippen LogP contribution in [0.25, 0.3) is 0 Å². The Bertz CT molecular complexity index is 1040. The highest BCUT2D eigenvalue weighted by Crippen LogP contribution is 2.30. The first-order chi connectivity index (χ1) is 17.2. The highest BCUT2D eigenvalue weighted by molar-refractivity contribution is 7.15. The van der Waals surface area contributed by atoms with Crippen molar-refractivity contribution in [1.82, 2.24) is 19.8 Å². The van der Waals surface area contributed by atoms with Crippen molar-refractivity contribution in [3.05, 3.63) is 35.0 Å². The number of ether oxygens (including phenoxy) is 1. The molecule has 2 saturated heterocycles. The lowest BCUT2D eigenvalue weighted by Gasteiger charge is -2.40. The van der Waals surface area contributed by atoms with Crippen LogP contribution in [-0.2, 0) is 16.0 Å². The number of amides is 2. The molecule has 0 saturated carbocycles. The van der Waals surface area contributed by atoms with E-state index >= 15 is 0 Å². The number of carbonyl (C=O) groups excluding carboxylic acids is 2. The summed E-state index contributed by atoms with van der Waals surface area (Å²) >= 11 is 1.67. The molecule has 0 radical (unpaired) electrons. The molecular formula is C27H39N5O3S. The molecule has 2 fully saturated rings. The molecule has 2 aromatic rings. The van der Waals surface area contributed by atoms with Crippen LogP contribution in [-0.4, -0.2) is 63.0 Å². The zero-order valence-electron chi connectivity index (χ0n) is 22.0. The van der Waals surface area contributed by atoms with E-state index in [4.69, 9.17) is 9.72 Å². The van der Waals surface area contributed by atoms with E-state index in [0.29, 0.717) is 32.0 Å². The minimum atomic E-state index is -0.575. The number of rotatable bonds is 6. The van der Waals surface area contributed by atoms with Gasteiger partial charge in [-0.1, -0.05) is 19.4 Å². The Morgan fingerprint density at radius 3 is 2.64 bits per heavy atom. The van der Waals surface area contributed by atoms with Crippen molar-refractivity contribution in [3.63, 3.8) is 0 Å². The molecule has 196 valence electrons. The third-order valence-corrected chi connectivity index (χ3v) is 7.67. The number of likely N-dealkylation sites (tertiary alicyclic amines) is 2. The molecule has 9 heteroatoms. The second kappa shape index (κ2) is 11.6. The van der Waals surface area contributed by atoms with Crippen molar-refractivity contribution < 1.29 is 14.3 Å². The fraction of sp³-hybridized carbons (Fsp3) is 0.630. The van der Waals surface area contributed by atoms with Crippen LogP contribution in [0.4, 0.5) is 15.7 Å². The summed E-state index contributed by atoms with van der Waals surface area (Å²) in [5.41, 5.74) is 0.472. The van der Waals surface area contributed by atoms with E-state index < -0.39 is 11.6 Å². The van der Waals surface area contributed by atoms with Gasteiger partial charge in [0.1, 0.15) is 17.5 Å². The van der Waals surface area contributed by atoms with Crippen LogP contribution in [0.2, 0.25) is 0 Å². The van der Waals surface area contributed by atoms with Gasteiger partial charge in [-0.15, -0.1) is 11.3 Å². The van der Waals surface area contributed by atoms with Gasteiger partial charge in [-0.2, -0.15) is 0 Å². The molecule has 2 aromatic heterocycles. The Morgan fingerprint density at radius 2 is 1.92 bits per heavy atom. The largest absolute Gasteiger partial charge is 0.444 e. The lowest BCUT2D eigenvalue weighted by molar-refractivity contribution is -0.139. The summed E-state index contributed by atoms with van der Waals surface area (Å²) in [5.74, 6) is 1.16. The first-order valence-electron chi connectivity index (χ1n) is 13.2. The van der Waals surface area contributed by atoms with E-state index in [2.05, 4.69) is 23.3 Å². The highest BCUT2D eigenvalue weighted by Gasteiger charge is 2.38. The van der Waals surface area contributed by atoms with Crippen molar-refractivity contribution in [1.29, 1.82) is 0 Å². The van der Waals surface area contributed by atoms with Gasteiger partial charge in [-0.3, -0.25) is 9.69 Å². The van der Waals surface area contributed by atoms with E-state index in [1.807, 2.05) is 44.0 Å². The van der Waals surface area contributed by atoms with E-state index in [1.165, 1.54) is 4.88 Å². The van der Waals surface area contributed by atoms with E-state index in [0.717, 1.165) is 55.2 Å². The number of piperidine rings is 2. The molecular weight excluding hydrogens is 474 g/mol. The second-order valence-electron chi connectivity index (χ2n) is 10.7. The normalized spacial score (nSPS) is 19.3. The summed E-state index contributed by atoms with van der Waals surface area (Å²) in [7, 11) is 0. The van der Waals surface area contributed by atoms with Gasteiger partial charge in [0.25, 0.3) is 0 Å². The van der Waals surface area contributed by atoms with Crippen LogP contribution in [0.15, 0.2) is 24.4 Å². The number of carbonyl (C=O) groups is 2. The zero-order valence-corrected chi connectivity index (χ0v) is 22.8. The van der Waals surface area contributed by atoms with Gasteiger partial charge in [0.15, 0.2) is 5.13 Å². The minimum Gasteiger partial charge on any atom is -0.444 e. The number of nitrogens with zero attached hydrogens (tertiary/aromatic N) is 4. The van der Waals surface area contributed by atoms with E-state index in [-0.39, 0.29) is 12.0 Å². The third-order valence-electron chi connectivity index (χ3n) is 6.70. The summed E-state index contributed by atoms with van der Waals surface area (Å²) in [6.07, 6.45) is 7.98. The first kappa shape index (κ1) is 26.4. The van der Waals surface area contributed by atoms with Crippen molar-refractivity contribution in [3.8, 4) is 0 Å². The lowest BCUT2D eigenvalue weighted by Crippen LogP contribution is -2.55. The lowest BCUT2D eigenvalue weighted by atomic mass is 9.92. The summed E-state index contributed by atoms with van der Waals surface area (Å²) in [6, 6.07) is 5.65. The predicted octanol–water partition coefficient (Wildman–Crippen LogP) is 5.73. The molecule has 4 rings (SSSR count). The zero-order chi connectivity index (χ0) is 25.7. The van der Waals surface area contributed by atoms with Crippen molar-refractivity contribution in [2.75, 3.05) is 25.0 Å². The Morgan fingerprint density at radius 1 is 1.14 bits per heavy atom. The third kappa shape index (κ3) is 6.75. The average Bonchev–Trinajstić information content (AvgIpc) is 3.30. The number of hydrogen-bond acceptors (Lipinski definition) is 7. The molecule has 0 spiro atoms. The minimum absolute atomic E-state index is 0.0500. The smallest absolute Gasteiger partial charge is 0.410 e. The summed E-state index contributed by atoms with van der Waals surface area (Å²) < 4.78 is 5.59. The number of aromatic nitrogens is 2. The Kier molecular flexibility index (Phi) is 8.49. The van der Waals surface area contributed by atoms with Gasteiger partial charge in [-0.25, -0.2) is 14.8 Å². The fourth-order valence-corrected chi connectivity index (χ4v) is 5.84. The van der Waals surface area contributed by atoms with Gasteiger partial charge in [0.05, 0.1) is 0 Å². The predicted molar refractivity (Wildman–Crippen MR) is 143 cm³/mol. The van der Waals surface area contributed by atoms with Gasteiger partial charge >= 0.3 is 6.09 Å². The number of anilines is 2. The topological polar surface area (TPSA) is 87.7 Å².